The zero-order chi connectivity index (χ0) is 15.5. The molecule has 0 aliphatic carbocycles. The molecule has 1 aliphatic rings. The molecule has 1 unspecified atom stereocenters. The first-order valence-electron chi connectivity index (χ1n) is 7.07. The molecule has 1 aromatic rings. The lowest BCUT2D eigenvalue weighted by Gasteiger charge is -2.35. The molecule has 1 atom stereocenters. The molecule has 0 bridgehead atoms. The summed E-state index contributed by atoms with van der Waals surface area (Å²) in [5.41, 5.74) is -0.224. The van der Waals surface area contributed by atoms with Crippen LogP contribution in [0, 0.1) is 5.41 Å². The second kappa shape index (κ2) is 6.13. The second-order valence-electron chi connectivity index (χ2n) is 5.41. The Morgan fingerprint density at radius 2 is 2.19 bits per heavy atom. The molecule has 1 aromatic carbocycles. The standard InChI is InChI=1S/C15H20N2O4/c1-2-15(6-3-7-16-9-15)14(21)17-10-4-5-11(13(19)20)12(18)8-10/h4-5,8,16,18H,2-3,6-7,9H2,1H3,(H,17,21)(H,19,20). The van der Waals surface area contributed by atoms with Gasteiger partial charge in [-0.1, -0.05) is 6.92 Å². The van der Waals surface area contributed by atoms with Crippen LogP contribution in [0.25, 0.3) is 0 Å². The third-order valence-electron chi connectivity index (χ3n) is 4.12. The minimum atomic E-state index is -1.20. The number of benzene rings is 1. The number of piperidine rings is 1. The Labute approximate surface area is 123 Å². The molecular formula is C15H20N2O4. The van der Waals surface area contributed by atoms with Gasteiger partial charge in [-0.05, 0) is 37.9 Å². The number of anilines is 1. The number of hydrogen-bond donors (Lipinski definition) is 4. The second-order valence-corrected chi connectivity index (χ2v) is 5.41. The van der Waals surface area contributed by atoms with Crippen LogP contribution in [0.5, 0.6) is 5.75 Å². The largest absolute Gasteiger partial charge is 0.507 e. The summed E-state index contributed by atoms with van der Waals surface area (Å²) in [4.78, 5) is 23.3. The van der Waals surface area contributed by atoms with Gasteiger partial charge in [-0.2, -0.15) is 0 Å². The maximum Gasteiger partial charge on any atom is 0.339 e. The summed E-state index contributed by atoms with van der Waals surface area (Å²) in [5, 5.41) is 24.5. The van der Waals surface area contributed by atoms with Crippen molar-refractivity contribution in [2.75, 3.05) is 18.4 Å². The lowest BCUT2D eigenvalue weighted by Crippen LogP contribution is -2.47. The lowest BCUT2D eigenvalue weighted by atomic mass is 9.77. The van der Waals surface area contributed by atoms with Gasteiger partial charge in [0.1, 0.15) is 11.3 Å². The van der Waals surface area contributed by atoms with Crippen molar-refractivity contribution in [2.24, 2.45) is 5.41 Å². The van der Waals surface area contributed by atoms with E-state index in [0.717, 1.165) is 25.8 Å². The molecule has 1 aliphatic heterocycles. The SMILES string of the molecule is CCC1(C(=O)Nc2ccc(C(=O)O)c(O)c2)CCCNC1. The number of phenols is 1. The summed E-state index contributed by atoms with van der Waals surface area (Å²) in [6, 6.07) is 4.03. The van der Waals surface area contributed by atoms with Crippen molar-refractivity contribution in [3.8, 4) is 5.75 Å². The highest BCUT2D eigenvalue weighted by molar-refractivity contribution is 5.97. The average molecular weight is 292 g/mol. The van der Waals surface area contributed by atoms with Gasteiger partial charge in [0.25, 0.3) is 0 Å². The van der Waals surface area contributed by atoms with Crippen LogP contribution >= 0.6 is 0 Å². The Kier molecular flexibility index (Phi) is 4.47. The number of carboxylic acids is 1. The molecule has 1 fully saturated rings. The van der Waals surface area contributed by atoms with Crippen molar-refractivity contribution in [3.63, 3.8) is 0 Å². The van der Waals surface area contributed by atoms with E-state index >= 15 is 0 Å². The van der Waals surface area contributed by atoms with E-state index in [2.05, 4.69) is 10.6 Å². The number of hydrogen-bond acceptors (Lipinski definition) is 4. The molecule has 1 heterocycles. The van der Waals surface area contributed by atoms with Gasteiger partial charge < -0.3 is 20.8 Å². The van der Waals surface area contributed by atoms with Gasteiger partial charge in [-0.25, -0.2) is 4.79 Å². The maximum absolute atomic E-state index is 12.5. The van der Waals surface area contributed by atoms with E-state index in [4.69, 9.17) is 5.11 Å². The van der Waals surface area contributed by atoms with Crippen LogP contribution in [0.3, 0.4) is 0 Å². The fourth-order valence-corrected chi connectivity index (χ4v) is 2.68. The van der Waals surface area contributed by atoms with E-state index in [-0.39, 0.29) is 17.2 Å². The number of amides is 1. The minimum Gasteiger partial charge on any atom is -0.507 e. The molecule has 1 amide bonds. The number of carbonyl (C=O) groups excluding carboxylic acids is 1. The van der Waals surface area contributed by atoms with Crippen LogP contribution in [-0.2, 0) is 4.79 Å². The van der Waals surface area contributed by atoms with Gasteiger partial charge in [0.05, 0.1) is 5.41 Å². The Hall–Kier alpha value is -2.08. The zero-order valence-electron chi connectivity index (χ0n) is 12.0. The summed E-state index contributed by atoms with van der Waals surface area (Å²) in [6.07, 6.45) is 2.50. The van der Waals surface area contributed by atoms with E-state index in [1.807, 2.05) is 6.92 Å². The Bertz CT molecular complexity index is 551. The fraction of sp³-hybridized carbons (Fsp3) is 0.467. The molecular weight excluding hydrogens is 272 g/mol. The summed E-state index contributed by atoms with van der Waals surface area (Å²) in [7, 11) is 0. The summed E-state index contributed by atoms with van der Waals surface area (Å²) >= 11 is 0. The summed E-state index contributed by atoms with van der Waals surface area (Å²) < 4.78 is 0. The van der Waals surface area contributed by atoms with E-state index in [0.29, 0.717) is 12.2 Å². The molecule has 1 saturated heterocycles. The van der Waals surface area contributed by atoms with Gasteiger partial charge in [0.2, 0.25) is 5.91 Å². The number of nitrogens with one attached hydrogen (secondary N) is 2. The number of aromatic carboxylic acids is 1. The number of carbonyl (C=O) groups is 2. The fourth-order valence-electron chi connectivity index (χ4n) is 2.68. The Balaban J connectivity index is 2.15. The first-order valence-corrected chi connectivity index (χ1v) is 7.07. The molecule has 0 radical (unpaired) electrons. The van der Waals surface area contributed by atoms with Crippen LogP contribution in [0.2, 0.25) is 0 Å². The van der Waals surface area contributed by atoms with Gasteiger partial charge in [0.15, 0.2) is 0 Å². The minimum absolute atomic E-state index is 0.0975. The van der Waals surface area contributed by atoms with E-state index < -0.39 is 11.4 Å². The lowest BCUT2D eigenvalue weighted by molar-refractivity contribution is -0.126. The van der Waals surface area contributed by atoms with E-state index in [1.54, 1.807) is 0 Å². The number of rotatable bonds is 4. The highest BCUT2D eigenvalue weighted by Crippen LogP contribution is 2.32. The summed E-state index contributed by atoms with van der Waals surface area (Å²) in [6.45, 7) is 3.54. The first kappa shape index (κ1) is 15.3. The van der Waals surface area contributed by atoms with Crippen LogP contribution in [-0.4, -0.2) is 35.2 Å². The predicted molar refractivity (Wildman–Crippen MR) is 78.5 cm³/mol. The molecule has 6 heteroatoms. The maximum atomic E-state index is 12.5. The van der Waals surface area contributed by atoms with Crippen molar-refractivity contribution < 1.29 is 19.8 Å². The summed E-state index contributed by atoms with van der Waals surface area (Å²) in [5.74, 6) is -1.65. The first-order chi connectivity index (χ1) is 9.98. The number of aromatic hydroxyl groups is 1. The molecule has 4 N–H and O–H groups in total. The van der Waals surface area contributed by atoms with Crippen molar-refractivity contribution >= 4 is 17.6 Å². The van der Waals surface area contributed by atoms with E-state index in [9.17, 15) is 14.7 Å². The monoisotopic (exact) mass is 292 g/mol. The molecule has 6 nitrogen and oxygen atoms in total. The Morgan fingerprint density at radius 3 is 2.71 bits per heavy atom. The van der Waals surface area contributed by atoms with Crippen LogP contribution in [0.4, 0.5) is 5.69 Å². The Morgan fingerprint density at radius 1 is 1.43 bits per heavy atom. The molecule has 0 spiro atoms. The predicted octanol–water partition coefficient (Wildman–Crippen LogP) is 1.81. The molecule has 2 rings (SSSR count). The van der Waals surface area contributed by atoms with Crippen LogP contribution < -0.4 is 10.6 Å². The zero-order valence-corrected chi connectivity index (χ0v) is 12.0. The molecule has 0 aromatic heterocycles. The quantitative estimate of drug-likeness (QED) is 0.678. The van der Waals surface area contributed by atoms with E-state index in [1.165, 1.54) is 18.2 Å². The van der Waals surface area contributed by atoms with Gasteiger partial charge in [-0.15, -0.1) is 0 Å². The van der Waals surface area contributed by atoms with Crippen LogP contribution in [0.15, 0.2) is 18.2 Å². The molecule has 0 saturated carbocycles. The molecule has 21 heavy (non-hydrogen) atoms. The third-order valence-corrected chi connectivity index (χ3v) is 4.12. The molecule has 114 valence electrons. The highest BCUT2D eigenvalue weighted by Gasteiger charge is 2.37. The van der Waals surface area contributed by atoms with Crippen molar-refractivity contribution in [3.05, 3.63) is 23.8 Å². The van der Waals surface area contributed by atoms with Crippen molar-refractivity contribution in [2.45, 2.75) is 26.2 Å². The topological polar surface area (TPSA) is 98.7 Å². The van der Waals surface area contributed by atoms with Gasteiger partial charge in [0, 0.05) is 18.3 Å². The third kappa shape index (κ3) is 3.16. The highest BCUT2D eigenvalue weighted by atomic mass is 16.4. The van der Waals surface area contributed by atoms with Crippen molar-refractivity contribution in [1.82, 2.24) is 5.32 Å². The van der Waals surface area contributed by atoms with Gasteiger partial charge >= 0.3 is 5.97 Å². The number of carboxylic acid groups (broad SMARTS) is 1. The normalized spacial score (nSPS) is 21.8. The average Bonchev–Trinajstić information content (AvgIpc) is 2.47. The smallest absolute Gasteiger partial charge is 0.339 e. The van der Waals surface area contributed by atoms with Crippen molar-refractivity contribution in [1.29, 1.82) is 0 Å². The van der Waals surface area contributed by atoms with Crippen LogP contribution in [0.1, 0.15) is 36.5 Å². The van der Waals surface area contributed by atoms with Gasteiger partial charge in [-0.3, -0.25) is 4.79 Å².